The molecule has 4 rings (SSSR count). The Morgan fingerprint density at radius 3 is 2.96 bits per heavy atom. The molecule has 144 valence electrons. The predicted octanol–water partition coefficient (Wildman–Crippen LogP) is 3.40. The summed E-state index contributed by atoms with van der Waals surface area (Å²) in [4.78, 5) is 33.9. The van der Waals surface area contributed by atoms with E-state index in [1.807, 2.05) is 0 Å². The SMILES string of the molecule is O=C(c1nc2ccccc2[nH]c1=O)N1CCCC1COc1ccc(F)c(Cl)c1. The zero-order valence-electron chi connectivity index (χ0n) is 14.8. The summed E-state index contributed by atoms with van der Waals surface area (Å²) in [6, 6.07) is 11.0. The maximum absolute atomic E-state index is 13.3. The summed E-state index contributed by atoms with van der Waals surface area (Å²) in [7, 11) is 0. The zero-order chi connectivity index (χ0) is 19.7. The van der Waals surface area contributed by atoms with Gasteiger partial charge in [0.05, 0.1) is 22.1 Å². The number of likely N-dealkylation sites (tertiary alicyclic amines) is 1. The third-order valence-electron chi connectivity index (χ3n) is 4.77. The van der Waals surface area contributed by atoms with Gasteiger partial charge in [-0.15, -0.1) is 0 Å². The van der Waals surface area contributed by atoms with Crippen LogP contribution in [0, 0.1) is 5.82 Å². The molecule has 1 saturated heterocycles. The summed E-state index contributed by atoms with van der Waals surface area (Å²) >= 11 is 5.77. The molecule has 0 bridgehead atoms. The Hall–Kier alpha value is -2.93. The lowest BCUT2D eigenvalue weighted by Crippen LogP contribution is -2.41. The molecule has 1 unspecified atom stereocenters. The molecule has 2 heterocycles. The van der Waals surface area contributed by atoms with E-state index >= 15 is 0 Å². The molecule has 1 N–H and O–H groups in total. The third-order valence-corrected chi connectivity index (χ3v) is 5.06. The molecule has 1 aromatic heterocycles. The topological polar surface area (TPSA) is 75.3 Å². The highest BCUT2D eigenvalue weighted by Crippen LogP contribution is 2.24. The summed E-state index contributed by atoms with van der Waals surface area (Å²) < 4.78 is 19.0. The second-order valence-corrected chi connectivity index (χ2v) is 7.02. The Morgan fingerprint density at radius 2 is 2.14 bits per heavy atom. The van der Waals surface area contributed by atoms with E-state index in [4.69, 9.17) is 16.3 Å². The monoisotopic (exact) mass is 401 g/mol. The van der Waals surface area contributed by atoms with Gasteiger partial charge in [0.25, 0.3) is 11.5 Å². The molecule has 8 heteroatoms. The van der Waals surface area contributed by atoms with Crippen molar-refractivity contribution in [1.82, 2.24) is 14.9 Å². The molecular formula is C20H17ClFN3O3. The average Bonchev–Trinajstić information content (AvgIpc) is 3.16. The van der Waals surface area contributed by atoms with Gasteiger partial charge in [-0.25, -0.2) is 9.37 Å². The molecule has 1 aliphatic heterocycles. The van der Waals surface area contributed by atoms with E-state index in [0.717, 1.165) is 12.8 Å². The largest absolute Gasteiger partial charge is 0.491 e. The molecule has 1 amide bonds. The minimum absolute atomic E-state index is 0.0243. The van der Waals surface area contributed by atoms with Crippen molar-refractivity contribution in [2.45, 2.75) is 18.9 Å². The first-order chi connectivity index (χ1) is 13.5. The van der Waals surface area contributed by atoms with Crippen molar-refractivity contribution in [2.75, 3.05) is 13.2 Å². The number of benzene rings is 2. The van der Waals surface area contributed by atoms with Gasteiger partial charge in [-0.05, 0) is 37.1 Å². The second kappa shape index (κ2) is 7.59. The van der Waals surface area contributed by atoms with Crippen LogP contribution in [0.3, 0.4) is 0 Å². The van der Waals surface area contributed by atoms with Gasteiger partial charge in [-0.3, -0.25) is 9.59 Å². The van der Waals surface area contributed by atoms with Gasteiger partial charge in [0.15, 0.2) is 5.69 Å². The summed E-state index contributed by atoms with van der Waals surface area (Å²) in [5.74, 6) is -0.518. The van der Waals surface area contributed by atoms with Crippen LogP contribution in [-0.2, 0) is 0 Å². The van der Waals surface area contributed by atoms with Crippen LogP contribution in [0.25, 0.3) is 11.0 Å². The number of aromatic amines is 1. The predicted molar refractivity (Wildman–Crippen MR) is 103 cm³/mol. The fourth-order valence-corrected chi connectivity index (χ4v) is 3.52. The standard InChI is InChI=1S/C20H17ClFN3O3/c21-14-10-13(7-8-15(14)22)28-11-12-4-3-9-25(12)20(27)18-19(26)24-17-6-2-1-5-16(17)23-18/h1-2,5-8,10,12H,3-4,9,11H2,(H,24,26). The Labute approximate surface area is 164 Å². The van der Waals surface area contributed by atoms with Crippen molar-refractivity contribution in [3.63, 3.8) is 0 Å². The number of halogens is 2. The number of nitrogens with zero attached hydrogens (tertiary/aromatic N) is 2. The molecule has 2 aromatic carbocycles. The lowest BCUT2D eigenvalue weighted by atomic mass is 10.2. The molecule has 0 radical (unpaired) electrons. The summed E-state index contributed by atoms with van der Waals surface area (Å²) in [5.41, 5.74) is 0.493. The Bertz CT molecular complexity index is 1100. The fraction of sp³-hybridized carbons (Fsp3) is 0.250. The molecule has 0 saturated carbocycles. The summed E-state index contributed by atoms with van der Waals surface area (Å²) in [6.45, 7) is 0.740. The number of nitrogens with one attached hydrogen (secondary N) is 1. The number of rotatable bonds is 4. The quantitative estimate of drug-likeness (QED) is 0.727. The van der Waals surface area contributed by atoms with E-state index in [0.29, 0.717) is 23.3 Å². The van der Waals surface area contributed by atoms with Crippen molar-refractivity contribution >= 4 is 28.5 Å². The third kappa shape index (κ3) is 3.57. The lowest BCUT2D eigenvalue weighted by molar-refractivity contribution is 0.0684. The highest BCUT2D eigenvalue weighted by Gasteiger charge is 2.32. The fourth-order valence-electron chi connectivity index (χ4n) is 3.35. The molecule has 1 fully saturated rings. The maximum atomic E-state index is 13.3. The molecule has 1 aliphatic rings. The average molecular weight is 402 g/mol. The normalized spacial score (nSPS) is 16.5. The molecule has 28 heavy (non-hydrogen) atoms. The van der Waals surface area contributed by atoms with Gasteiger partial charge in [0.2, 0.25) is 0 Å². The van der Waals surface area contributed by atoms with E-state index in [1.165, 1.54) is 18.2 Å². The number of fused-ring (bicyclic) bond motifs is 1. The van der Waals surface area contributed by atoms with Crippen LogP contribution in [0.2, 0.25) is 5.02 Å². The Balaban J connectivity index is 1.52. The summed E-state index contributed by atoms with van der Waals surface area (Å²) in [5, 5.41) is -0.0243. The first-order valence-corrected chi connectivity index (χ1v) is 9.28. The minimum Gasteiger partial charge on any atom is -0.491 e. The van der Waals surface area contributed by atoms with E-state index in [1.54, 1.807) is 29.2 Å². The molecule has 1 atom stereocenters. The van der Waals surface area contributed by atoms with Crippen LogP contribution in [-0.4, -0.2) is 40.0 Å². The molecule has 0 aliphatic carbocycles. The van der Waals surface area contributed by atoms with Gasteiger partial charge in [-0.2, -0.15) is 0 Å². The number of aromatic nitrogens is 2. The maximum Gasteiger partial charge on any atom is 0.280 e. The van der Waals surface area contributed by atoms with Gasteiger partial charge < -0.3 is 14.6 Å². The van der Waals surface area contributed by atoms with Crippen LogP contribution in [0.1, 0.15) is 23.3 Å². The van der Waals surface area contributed by atoms with Crippen LogP contribution in [0.15, 0.2) is 47.3 Å². The van der Waals surface area contributed by atoms with E-state index in [2.05, 4.69) is 9.97 Å². The molecular weight excluding hydrogens is 385 g/mol. The molecule has 0 spiro atoms. The number of H-pyrrole nitrogens is 1. The number of para-hydroxylation sites is 2. The van der Waals surface area contributed by atoms with Crippen molar-refractivity contribution in [3.8, 4) is 5.75 Å². The van der Waals surface area contributed by atoms with Crippen LogP contribution < -0.4 is 10.3 Å². The zero-order valence-corrected chi connectivity index (χ0v) is 15.6. The highest BCUT2D eigenvalue weighted by molar-refractivity contribution is 6.30. The summed E-state index contributed by atoms with van der Waals surface area (Å²) in [6.07, 6.45) is 1.54. The number of carbonyl (C=O) groups excluding carboxylic acids is 1. The van der Waals surface area contributed by atoms with E-state index in [-0.39, 0.29) is 23.4 Å². The molecule has 6 nitrogen and oxygen atoms in total. The first-order valence-electron chi connectivity index (χ1n) is 8.91. The van der Waals surface area contributed by atoms with Crippen LogP contribution in [0.5, 0.6) is 5.75 Å². The molecule has 3 aromatic rings. The van der Waals surface area contributed by atoms with E-state index < -0.39 is 17.3 Å². The minimum atomic E-state index is -0.520. The number of hydrogen-bond acceptors (Lipinski definition) is 4. The number of ether oxygens (including phenoxy) is 1. The Morgan fingerprint density at radius 1 is 1.32 bits per heavy atom. The van der Waals surface area contributed by atoms with Gasteiger partial charge in [0, 0.05) is 12.6 Å². The van der Waals surface area contributed by atoms with Crippen LogP contribution in [0.4, 0.5) is 4.39 Å². The van der Waals surface area contributed by atoms with Gasteiger partial charge >= 0.3 is 0 Å². The van der Waals surface area contributed by atoms with Crippen molar-refractivity contribution in [3.05, 3.63) is 69.4 Å². The second-order valence-electron chi connectivity index (χ2n) is 6.61. The van der Waals surface area contributed by atoms with E-state index in [9.17, 15) is 14.0 Å². The smallest absolute Gasteiger partial charge is 0.280 e. The highest BCUT2D eigenvalue weighted by atomic mass is 35.5. The van der Waals surface area contributed by atoms with Crippen LogP contribution >= 0.6 is 11.6 Å². The van der Waals surface area contributed by atoms with Gasteiger partial charge in [-0.1, -0.05) is 23.7 Å². The van der Waals surface area contributed by atoms with Crippen molar-refractivity contribution < 1.29 is 13.9 Å². The number of hydrogen-bond donors (Lipinski definition) is 1. The van der Waals surface area contributed by atoms with Crippen molar-refractivity contribution in [1.29, 1.82) is 0 Å². The Kier molecular flexibility index (Phi) is 5.00. The first kappa shape index (κ1) is 18.4. The number of amides is 1. The van der Waals surface area contributed by atoms with Gasteiger partial charge in [0.1, 0.15) is 18.2 Å². The lowest BCUT2D eigenvalue weighted by Gasteiger charge is -2.24. The van der Waals surface area contributed by atoms with Crippen molar-refractivity contribution in [2.24, 2.45) is 0 Å². The number of carbonyl (C=O) groups is 1.